The van der Waals surface area contributed by atoms with E-state index in [9.17, 15) is 4.79 Å². The van der Waals surface area contributed by atoms with E-state index in [4.69, 9.17) is 24.5 Å². The molecule has 0 bridgehead atoms. The average Bonchev–Trinajstić information content (AvgIpc) is 3.56. The summed E-state index contributed by atoms with van der Waals surface area (Å²) in [5, 5.41) is 13.4. The van der Waals surface area contributed by atoms with Crippen LogP contribution in [0.25, 0.3) is 16.6 Å². The van der Waals surface area contributed by atoms with Gasteiger partial charge in [0.25, 0.3) is 0 Å². The fourth-order valence-electron chi connectivity index (χ4n) is 4.74. The standard InChI is InChI=1S/C30H35N7O3S/c1-7-20-9-11-21(12-10-20)31-29(38)26(8-2)41-30-32-23-17-25(40-6)24(39-5)16-22(23)28-33-27(35-37(28)30)13-14-36-19(4)15-18(3)34-36/h9-12,15-17,26H,7-8,13-14H2,1-6H3,(H,31,38). The van der Waals surface area contributed by atoms with Crippen molar-refractivity contribution < 1.29 is 14.3 Å². The molecule has 11 heteroatoms. The number of aromatic nitrogens is 6. The van der Waals surface area contributed by atoms with Crippen LogP contribution >= 0.6 is 11.8 Å². The lowest BCUT2D eigenvalue weighted by Gasteiger charge is -2.16. The van der Waals surface area contributed by atoms with E-state index < -0.39 is 5.25 Å². The smallest absolute Gasteiger partial charge is 0.237 e. The summed E-state index contributed by atoms with van der Waals surface area (Å²) < 4.78 is 14.8. The zero-order valence-electron chi connectivity index (χ0n) is 24.3. The van der Waals surface area contributed by atoms with Crippen LogP contribution < -0.4 is 14.8 Å². The normalized spacial score (nSPS) is 12.1. The number of carbonyl (C=O) groups excluding carboxylic acids is 1. The van der Waals surface area contributed by atoms with Crippen LogP contribution in [0.4, 0.5) is 5.69 Å². The number of aryl methyl sites for hydroxylation is 5. The lowest BCUT2D eigenvalue weighted by atomic mass is 10.1. The molecule has 0 fully saturated rings. The van der Waals surface area contributed by atoms with Crippen LogP contribution in [0.5, 0.6) is 11.5 Å². The number of fused-ring (bicyclic) bond motifs is 3. The number of benzene rings is 2. The van der Waals surface area contributed by atoms with Gasteiger partial charge in [-0.1, -0.05) is 37.7 Å². The van der Waals surface area contributed by atoms with Crippen molar-refractivity contribution in [1.82, 2.24) is 29.4 Å². The molecule has 0 saturated heterocycles. The molecular formula is C30H35N7O3S. The van der Waals surface area contributed by atoms with Crippen molar-refractivity contribution in [3.8, 4) is 11.5 Å². The van der Waals surface area contributed by atoms with Crippen LogP contribution in [0.1, 0.15) is 43.0 Å². The predicted octanol–water partition coefficient (Wildman–Crippen LogP) is 5.42. The highest BCUT2D eigenvalue weighted by molar-refractivity contribution is 8.00. The number of nitrogens with zero attached hydrogens (tertiary/aromatic N) is 6. The molecule has 3 heterocycles. The third-order valence-corrected chi connectivity index (χ3v) is 8.29. The summed E-state index contributed by atoms with van der Waals surface area (Å²) >= 11 is 1.37. The number of hydrogen-bond acceptors (Lipinski definition) is 8. The molecule has 5 rings (SSSR count). The second-order valence-electron chi connectivity index (χ2n) is 9.84. The van der Waals surface area contributed by atoms with Crippen molar-refractivity contribution in [1.29, 1.82) is 0 Å². The molecule has 41 heavy (non-hydrogen) atoms. The summed E-state index contributed by atoms with van der Waals surface area (Å²) in [6.45, 7) is 8.77. The Morgan fingerprint density at radius 3 is 2.37 bits per heavy atom. The highest BCUT2D eigenvalue weighted by atomic mass is 32.2. The zero-order chi connectivity index (χ0) is 29.1. The minimum atomic E-state index is -0.392. The zero-order valence-corrected chi connectivity index (χ0v) is 25.1. The molecule has 1 atom stereocenters. The largest absolute Gasteiger partial charge is 0.493 e. The Balaban J connectivity index is 1.51. The Hall–Kier alpha value is -4.12. The van der Waals surface area contributed by atoms with Gasteiger partial charge in [-0.05, 0) is 56.5 Å². The molecule has 0 radical (unpaired) electrons. The molecule has 3 aromatic heterocycles. The van der Waals surface area contributed by atoms with Crippen molar-refractivity contribution in [2.75, 3.05) is 19.5 Å². The number of rotatable bonds is 11. The molecule has 10 nitrogen and oxygen atoms in total. The van der Waals surface area contributed by atoms with E-state index in [0.717, 1.165) is 28.9 Å². The summed E-state index contributed by atoms with van der Waals surface area (Å²) in [7, 11) is 3.19. The van der Waals surface area contributed by atoms with Gasteiger partial charge in [-0.25, -0.2) is 9.97 Å². The number of hydrogen-bond donors (Lipinski definition) is 1. The SMILES string of the molecule is CCc1ccc(NC(=O)C(CC)Sc2nc3cc(OC)c(OC)cc3c3nc(CCn4nc(C)cc4C)nn23)cc1. The number of methoxy groups -OCH3 is 2. The first-order chi connectivity index (χ1) is 19.8. The second-order valence-corrected chi connectivity index (χ2v) is 11.0. The van der Waals surface area contributed by atoms with E-state index in [1.165, 1.54) is 17.3 Å². The Kier molecular flexibility index (Phi) is 8.44. The lowest BCUT2D eigenvalue weighted by molar-refractivity contribution is -0.115. The van der Waals surface area contributed by atoms with Crippen LogP contribution in [-0.4, -0.2) is 54.7 Å². The Morgan fingerprint density at radius 2 is 1.73 bits per heavy atom. The van der Waals surface area contributed by atoms with E-state index in [-0.39, 0.29) is 5.91 Å². The number of nitrogens with one attached hydrogen (secondary N) is 1. The molecule has 1 unspecified atom stereocenters. The monoisotopic (exact) mass is 573 g/mol. The van der Waals surface area contributed by atoms with Crippen LogP contribution in [0.2, 0.25) is 0 Å². The molecule has 214 valence electrons. The van der Waals surface area contributed by atoms with Crippen LogP contribution in [0.15, 0.2) is 47.6 Å². The summed E-state index contributed by atoms with van der Waals surface area (Å²) in [5.74, 6) is 1.72. The second kappa shape index (κ2) is 12.2. The summed E-state index contributed by atoms with van der Waals surface area (Å²) in [5.41, 5.74) is 5.39. The maximum Gasteiger partial charge on any atom is 0.237 e. The number of anilines is 1. The summed E-state index contributed by atoms with van der Waals surface area (Å²) in [6.07, 6.45) is 2.15. The van der Waals surface area contributed by atoms with Crippen molar-refractivity contribution in [3.63, 3.8) is 0 Å². The maximum atomic E-state index is 13.3. The van der Waals surface area contributed by atoms with Gasteiger partial charge < -0.3 is 14.8 Å². The minimum absolute atomic E-state index is 0.0889. The van der Waals surface area contributed by atoms with Gasteiger partial charge in [0, 0.05) is 35.8 Å². The molecular weight excluding hydrogens is 538 g/mol. The van der Waals surface area contributed by atoms with E-state index in [0.29, 0.717) is 53.0 Å². The number of ether oxygens (including phenoxy) is 2. The highest BCUT2D eigenvalue weighted by Crippen LogP contribution is 2.35. The maximum absolute atomic E-state index is 13.3. The molecule has 5 aromatic rings. The minimum Gasteiger partial charge on any atom is -0.493 e. The van der Waals surface area contributed by atoms with Crippen LogP contribution in [0, 0.1) is 13.8 Å². The molecule has 0 aliphatic heterocycles. The van der Waals surface area contributed by atoms with Gasteiger partial charge in [0.1, 0.15) is 0 Å². The molecule has 0 aliphatic rings. The van der Waals surface area contributed by atoms with Gasteiger partial charge in [-0.2, -0.15) is 9.61 Å². The first-order valence-corrected chi connectivity index (χ1v) is 14.6. The summed E-state index contributed by atoms with van der Waals surface area (Å²) in [6, 6.07) is 13.7. The van der Waals surface area contributed by atoms with Crippen molar-refractivity contribution in [2.45, 2.75) is 63.9 Å². The Bertz CT molecular complexity index is 1690. The fraction of sp³-hybridized carbons (Fsp3) is 0.367. The van der Waals surface area contributed by atoms with Gasteiger partial charge in [-0.15, -0.1) is 5.10 Å². The van der Waals surface area contributed by atoms with Crippen molar-refractivity contribution >= 4 is 39.9 Å². The Morgan fingerprint density at radius 1 is 1.00 bits per heavy atom. The fourth-order valence-corrected chi connectivity index (χ4v) is 5.70. The van der Waals surface area contributed by atoms with Crippen LogP contribution in [0.3, 0.4) is 0 Å². The topological polar surface area (TPSA) is 108 Å². The molecule has 1 N–H and O–H groups in total. The Labute approximate surface area is 243 Å². The quantitative estimate of drug-likeness (QED) is 0.165. The van der Waals surface area contributed by atoms with Gasteiger partial charge in [0.05, 0.1) is 30.7 Å². The summed E-state index contributed by atoms with van der Waals surface area (Å²) in [4.78, 5) is 23.2. The van der Waals surface area contributed by atoms with E-state index in [1.807, 2.05) is 61.9 Å². The first-order valence-electron chi connectivity index (χ1n) is 13.7. The number of amides is 1. The van der Waals surface area contributed by atoms with E-state index >= 15 is 0 Å². The molecule has 0 saturated carbocycles. The van der Waals surface area contributed by atoms with Gasteiger partial charge in [-0.3, -0.25) is 9.48 Å². The molecule has 0 spiro atoms. The van der Waals surface area contributed by atoms with Gasteiger partial charge >= 0.3 is 0 Å². The number of carbonyl (C=O) groups is 1. The number of thioether (sulfide) groups is 1. The highest BCUT2D eigenvalue weighted by Gasteiger charge is 2.24. The van der Waals surface area contributed by atoms with Gasteiger partial charge in [0.2, 0.25) is 5.91 Å². The molecule has 2 aromatic carbocycles. The first kappa shape index (κ1) is 28.4. The van der Waals surface area contributed by atoms with Crippen LogP contribution in [-0.2, 0) is 24.2 Å². The third kappa shape index (κ3) is 6.00. The van der Waals surface area contributed by atoms with Crippen molar-refractivity contribution in [3.05, 3.63) is 65.2 Å². The van der Waals surface area contributed by atoms with Gasteiger partial charge in [0.15, 0.2) is 28.1 Å². The third-order valence-electron chi connectivity index (χ3n) is 6.98. The predicted molar refractivity (Wildman–Crippen MR) is 161 cm³/mol. The lowest BCUT2D eigenvalue weighted by Crippen LogP contribution is -2.25. The van der Waals surface area contributed by atoms with E-state index in [1.54, 1.807) is 18.7 Å². The average molecular weight is 574 g/mol. The molecule has 1 amide bonds. The van der Waals surface area contributed by atoms with Crippen molar-refractivity contribution in [2.24, 2.45) is 0 Å². The van der Waals surface area contributed by atoms with E-state index in [2.05, 4.69) is 23.4 Å². The molecule has 0 aliphatic carbocycles.